The smallest absolute Gasteiger partial charge is 0.423 e. The number of aliphatic hydroxyl groups is 1. The lowest BCUT2D eigenvalue weighted by Crippen LogP contribution is -2.14. The number of carboxylic acid groups (broad SMARTS) is 1. The van der Waals surface area contributed by atoms with Gasteiger partial charge in [-0.15, -0.1) is 0 Å². The van der Waals surface area contributed by atoms with Crippen LogP contribution in [0.15, 0.2) is 16.6 Å². The van der Waals surface area contributed by atoms with Crippen molar-refractivity contribution >= 4 is 27.6 Å². The van der Waals surface area contributed by atoms with Crippen LogP contribution >= 0.6 is 15.9 Å². The molecule has 2 N–H and O–H groups in total. The summed E-state index contributed by atoms with van der Waals surface area (Å²) in [6.45, 7) is 0. The summed E-state index contributed by atoms with van der Waals surface area (Å²) in [6.07, 6.45) is -7.15. The highest BCUT2D eigenvalue weighted by atomic mass is 79.9. The molecule has 1 atom stereocenters. The summed E-state index contributed by atoms with van der Waals surface area (Å²) in [4.78, 5) is 19.8. The summed E-state index contributed by atoms with van der Waals surface area (Å²) >= 11 is 2.65. The van der Waals surface area contributed by atoms with Crippen molar-refractivity contribution in [2.24, 2.45) is 0 Å². The number of aliphatic hydroxyl groups excluding tert-OH is 1. The molecule has 0 radical (unpaired) electrons. The van der Waals surface area contributed by atoms with Gasteiger partial charge < -0.3 is 10.2 Å². The topological polar surface area (TPSA) is 101 Å². The molecule has 0 aliphatic rings. The molecule has 0 saturated carbocycles. The van der Waals surface area contributed by atoms with Crippen LogP contribution in [0.2, 0.25) is 0 Å². The Labute approximate surface area is 111 Å². The van der Waals surface area contributed by atoms with Gasteiger partial charge in [-0.05, 0) is 6.07 Å². The number of nitrogens with zero attached hydrogens (tertiary/aromatic N) is 1. The van der Waals surface area contributed by atoms with Crippen molar-refractivity contribution in [3.05, 3.63) is 37.8 Å². The van der Waals surface area contributed by atoms with Crippen LogP contribution in [0.1, 0.15) is 17.2 Å². The van der Waals surface area contributed by atoms with Crippen molar-refractivity contribution in [2.45, 2.75) is 12.3 Å². The van der Waals surface area contributed by atoms with Crippen LogP contribution in [-0.2, 0) is 11.0 Å². The molecule has 19 heavy (non-hydrogen) atoms. The van der Waals surface area contributed by atoms with E-state index in [0.29, 0.717) is 12.1 Å². The highest BCUT2D eigenvalue weighted by molar-refractivity contribution is 9.10. The molecular weight excluding hydrogens is 339 g/mol. The number of halogens is 4. The van der Waals surface area contributed by atoms with Crippen LogP contribution in [0.3, 0.4) is 0 Å². The maximum absolute atomic E-state index is 12.6. The van der Waals surface area contributed by atoms with Crippen molar-refractivity contribution < 1.29 is 33.1 Å². The molecule has 10 heteroatoms. The molecule has 1 aromatic rings. The SMILES string of the molecule is O=C(O)C(O)c1cc([N+](=O)[O-])c(C(F)(F)F)cc1Br. The van der Waals surface area contributed by atoms with E-state index in [9.17, 15) is 33.2 Å². The fourth-order valence-corrected chi connectivity index (χ4v) is 1.86. The van der Waals surface area contributed by atoms with Gasteiger partial charge in [0.15, 0.2) is 6.10 Å². The van der Waals surface area contributed by atoms with Crippen molar-refractivity contribution in [3.8, 4) is 0 Å². The Kier molecular flexibility index (Phi) is 4.15. The van der Waals surface area contributed by atoms with Crippen LogP contribution in [0.4, 0.5) is 18.9 Å². The van der Waals surface area contributed by atoms with Crippen molar-refractivity contribution in [1.82, 2.24) is 0 Å². The quantitative estimate of drug-likeness (QED) is 0.648. The molecule has 0 amide bonds. The average molecular weight is 344 g/mol. The second-order valence-electron chi connectivity index (χ2n) is 3.39. The first kappa shape index (κ1) is 15.4. The molecule has 0 aromatic heterocycles. The van der Waals surface area contributed by atoms with E-state index in [1.807, 2.05) is 0 Å². The van der Waals surface area contributed by atoms with Crippen molar-refractivity contribution in [2.75, 3.05) is 0 Å². The van der Waals surface area contributed by atoms with E-state index in [0.717, 1.165) is 0 Å². The molecule has 0 saturated heterocycles. The van der Waals surface area contributed by atoms with Gasteiger partial charge in [-0.3, -0.25) is 10.1 Å². The number of aliphatic carboxylic acids is 1. The number of nitro groups is 1. The van der Waals surface area contributed by atoms with Crippen LogP contribution in [0.5, 0.6) is 0 Å². The number of carboxylic acids is 1. The zero-order valence-corrected chi connectivity index (χ0v) is 10.4. The van der Waals surface area contributed by atoms with E-state index < -0.39 is 40.0 Å². The lowest BCUT2D eigenvalue weighted by molar-refractivity contribution is -0.388. The zero-order valence-electron chi connectivity index (χ0n) is 8.81. The van der Waals surface area contributed by atoms with Gasteiger partial charge in [-0.1, -0.05) is 15.9 Å². The van der Waals surface area contributed by atoms with Crippen molar-refractivity contribution in [1.29, 1.82) is 0 Å². The summed E-state index contributed by atoms with van der Waals surface area (Å²) in [5, 5.41) is 28.4. The van der Waals surface area contributed by atoms with Crippen LogP contribution in [0, 0.1) is 10.1 Å². The van der Waals surface area contributed by atoms with E-state index in [-0.39, 0.29) is 4.47 Å². The summed E-state index contributed by atoms with van der Waals surface area (Å²) < 4.78 is 37.3. The maximum atomic E-state index is 12.6. The van der Waals surface area contributed by atoms with Crippen molar-refractivity contribution in [3.63, 3.8) is 0 Å². The first-order valence-electron chi connectivity index (χ1n) is 4.51. The number of alkyl halides is 3. The minimum absolute atomic E-state index is 0.361. The van der Waals surface area contributed by atoms with Crippen LogP contribution in [-0.4, -0.2) is 21.1 Å². The molecule has 0 aliphatic heterocycles. The molecule has 0 aliphatic carbocycles. The number of hydrogen-bond donors (Lipinski definition) is 2. The fraction of sp³-hybridized carbons (Fsp3) is 0.222. The zero-order chi connectivity index (χ0) is 15.0. The fourth-order valence-electron chi connectivity index (χ4n) is 1.30. The molecule has 6 nitrogen and oxygen atoms in total. The number of hydrogen-bond acceptors (Lipinski definition) is 4. The third kappa shape index (κ3) is 3.20. The van der Waals surface area contributed by atoms with Gasteiger partial charge in [0.05, 0.1) is 4.92 Å². The predicted molar refractivity (Wildman–Crippen MR) is 58.4 cm³/mol. The standard InChI is InChI=1S/C9H5BrF3NO5/c10-5-2-4(9(11,12)13)6(14(18)19)1-3(5)7(15)8(16)17/h1-2,7,15H,(H,16,17). The summed E-state index contributed by atoms with van der Waals surface area (Å²) in [5.41, 5.74) is -3.40. The molecule has 1 unspecified atom stereocenters. The maximum Gasteiger partial charge on any atom is 0.423 e. The molecular formula is C9H5BrF3NO5. The number of benzene rings is 1. The van der Waals surface area contributed by atoms with Crippen LogP contribution in [0.25, 0.3) is 0 Å². The number of nitro benzene ring substituents is 1. The molecule has 1 aromatic carbocycles. The first-order valence-corrected chi connectivity index (χ1v) is 5.31. The molecule has 0 spiro atoms. The van der Waals surface area contributed by atoms with Gasteiger partial charge in [-0.25, -0.2) is 4.79 Å². The van der Waals surface area contributed by atoms with Gasteiger partial charge in [0.25, 0.3) is 5.69 Å². The van der Waals surface area contributed by atoms with Gasteiger partial charge in [-0.2, -0.15) is 13.2 Å². The Morgan fingerprint density at radius 3 is 2.32 bits per heavy atom. The predicted octanol–water partition coefficient (Wildman–Crippen LogP) is 2.49. The lowest BCUT2D eigenvalue weighted by Gasteiger charge is -2.12. The monoisotopic (exact) mass is 343 g/mol. The highest BCUT2D eigenvalue weighted by Crippen LogP contribution is 2.40. The second kappa shape index (κ2) is 5.13. The normalized spacial score (nSPS) is 13.1. The van der Waals surface area contributed by atoms with Crippen LogP contribution < -0.4 is 0 Å². The Bertz CT molecular complexity index is 545. The Hall–Kier alpha value is -1.68. The Morgan fingerprint density at radius 2 is 1.95 bits per heavy atom. The van der Waals surface area contributed by atoms with E-state index in [1.54, 1.807) is 0 Å². The summed E-state index contributed by atoms with van der Waals surface area (Å²) in [6, 6.07) is 0.741. The van der Waals surface area contributed by atoms with E-state index in [1.165, 1.54) is 0 Å². The molecule has 0 fully saturated rings. The number of rotatable bonds is 3. The first-order chi connectivity index (χ1) is 8.55. The lowest BCUT2D eigenvalue weighted by atomic mass is 10.0. The minimum Gasteiger partial charge on any atom is -0.479 e. The molecule has 0 heterocycles. The second-order valence-corrected chi connectivity index (χ2v) is 4.24. The highest BCUT2D eigenvalue weighted by Gasteiger charge is 2.40. The molecule has 104 valence electrons. The van der Waals surface area contributed by atoms with E-state index in [2.05, 4.69) is 15.9 Å². The van der Waals surface area contributed by atoms with E-state index >= 15 is 0 Å². The minimum atomic E-state index is -4.97. The van der Waals surface area contributed by atoms with Gasteiger partial charge in [0.2, 0.25) is 0 Å². The molecule has 1 rings (SSSR count). The molecule has 0 bridgehead atoms. The third-order valence-electron chi connectivity index (χ3n) is 2.15. The Balaban J connectivity index is 3.54. The van der Waals surface area contributed by atoms with Gasteiger partial charge in [0.1, 0.15) is 5.56 Å². The number of carbonyl (C=O) groups is 1. The van der Waals surface area contributed by atoms with Gasteiger partial charge >= 0.3 is 12.1 Å². The Morgan fingerprint density at radius 1 is 1.42 bits per heavy atom. The van der Waals surface area contributed by atoms with Gasteiger partial charge in [0, 0.05) is 16.1 Å². The van der Waals surface area contributed by atoms with E-state index in [4.69, 9.17) is 5.11 Å². The third-order valence-corrected chi connectivity index (χ3v) is 2.83. The average Bonchev–Trinajstić information content (AvgIpc) is 2.25. The largest absolute Gasteiger partial charge is 0.479 e. The summed E-state index contributed by atoms with van der Waals surface area (Å²) in [5.74, 6) is -1.74. The summed E-state index contributed by atoms with van der Waals surface area (Å²) in [7, 11) is 0.